The minimum absolute atomic E-state index is 0.212. The molecule has 0 aromatic heterocycles. The summed E-state index contributed by atoms with van der Waals surface area (Å²) in [6.45, 7) is 20.6. The van der Waals surface area contributed by atoms with Gasteiger partial charge in [0.1, 0.15) is 0 Å². The number of hydrogen-bond donors (Lipinski definition) is 0. The Kier molecular flexibility index (Phi) is 9.46. The summed E-state index contributed by atoms with van der Waals surface area (Å²) < 4.78 is 0. The van der Waals surface area contributed by atoms with Crippen molar-refractivity contribution in [3.05, 3.63) is 37.0 Å². The molecule has 0 aliphatic carbocycles. The van der Waals surface area contributed by atoms with Crippen molar-refractivity contribution in [3.8, 4) is 0 Å². The highest BCUT2D eigenvalue weighted by atomic mass is 14.3. The molecule has 0 rings (SSSR count). The van der Waals surface area contributed by atoms with E-state index >= 15 is 0 Å². The van der Waals surface area contributed by atoms with E-state index in [1.165, 1.54) is 12.0 Å². The molecule has 15 heavy (non-hydrogen) atoms. The van der Waals surface area contributed by atoms with Gasteiger partial charge in [0.05, 0.1) is 0 Å². The Bertz CT molecular complexity index is 204. The number of allylic oxidation sites excluding steroid dienone is 4. The van der Waals surface area contributed by atoms with Crippen LogP contribution in [0.5, 0.6) is 0 Å². The zero-order valence-electron chi connectivity index (χ0n) is 11.4. The van der Waals surface area contributed by atoms with Crippen LogP contribution in [-0.4, -0.2) is 0 Å². The largest absolute Gasteiger partial charge is 0.0991 e. The molecule has 0 amide bonds. The van der Waals surface area contributed by atoms with Gasteiger partial charge in [0.2, 0.25) is 0 Å². The van der Waals surface area contributed by atoms with Crippen LogP contribution in [0.4, 0.5) is 0 Å². The lowest BCUT2D eigenvalue weighted by Gasteiger charge is -2.28. The SMILES string of the molecule is C=C/C=C(\C=C)C(C)(C)CC(C)C.CC. The Morgan fingerprint density at radius 2 is 1.67 bits per heavy atom. The Balaban J connectivity index is 0. The minimum Gasteiger partial charge on any atom is -0.0991 e. The summed E-state index contributed by atoms with van der Waals surface area (Å²) in [5.41, 5.74) is 1.49. The maximum Gasteiger partial charge on any atom is -0.0101 e. The monoisotopic (exact) mass is 208 g/mol. The molecular formula is C15H28. The predicted octanol–water partition coefficient (Wildman–Crippen LogP) is 5.38. The Morgan fingerprint density at radius 3 is 1.93 bits per heavy atom. The summed E-state index contributed by atoms with van der Waals surface area (Å²) in [6.07, 6.45) is 7.00. The Labute approximate surface area is 96.8 Å². The van der Waals surface area contributed by atoms with E-state index in [0.717, 1.165) is 0 Å². The van der Waals surface area contributed by atoms with E-state index in [-0.39, 0.29) is 5.41 Å². The highest BCUT2D eigenvalue weighted by Crippen LogP contribution is 2.33. The van der Waals surface area contributed by atoms with Crippen LogP contribution >= 0.6 is 0 Å². The maximum atomic E-state index is 3.84. The molecule has 0 spiro atoms. The van der Waals surface area contributed by atoms with Gasteiger partial charge in [0.25, 0.3) is 0 Å². The Hall–Kier alpha value is -0.780. The zero-order chi connectivity index (χ0) is 12.5. The lowest BCUT2D eigenvalue weighted by atomic mass is 9.77. The summed E-state index contributed by atoms with van der Waals surface area (Å²) in [5, 5.41) is 0. The topological polar surface area (TPSA) is 0 Å². The third-order valence-corrected chi connectivity index (χ3v) is 2.22. The van der Waals surface area contributed by atoms with E-state index in [2.05, 4.69) is 46.9 Å². The van der Waals surface area contributed by atoms with Gasteiger partial charge in [-0.25, -0.2) is 0 Å². The molecule has 0 saturated heterocycles. The molecule has 0 bridgehead atoms. The average Bonchev–Trinajstić information content (AvgIpc) is 2.15. The molecule has 0 heterocycles. The van der Waals surface area contributed by atoms with Crippen LogP contribution in [0.1, 0.15) is 48.0 Å². The van der Waals surface area contributed by atoms with Gasteiger partial charge in [-0.1, -0.05) is 72.9 Å². The first-order valence-electron chi connectivity index (χ1n) is 5.89. The molecule has 0 N–H and O–H groups in total. The first kappa shape index (κ1) is 16.6. The first-order valence-corrected chi connectivity index (χ1v) is 5.89. The molecule has 0 atom stereocenters. The molecule has 0 nitrogen and oxygen atoms in total. The molecule has 0 radical (unpaired) electrons. The number of hydrogen-bond acceptors (Lipinski definition) is 0. The quantitative estimate of drug-likeness (QED) is 0.532. The lowest BCUT2D eigenvalue weighted by Crippen LogP contribution is -2.16. The van der Waals surface area contributed by atoms with Crippen molar-refractivity contribution in [2.75, 3.05) is 0 Å². The van der Waals surface area contributed by atoms with Gasteiger partial charge in [-0.05, 0) is 23.3 Å². The molecule has 0 aliphatic heterocycles. The van der Waals surface area contributed by atoms with Crippen LogP contribution in [0.3, 0.4) is 0 Å². The second-order valence-electron chi connectivity index (χ2n) is 4.54. The van der Waals surface area contributed by atoms with Gasteiger partial charge >= 0.3 is 0 Å². The van der Waals surface area contributed by atoms with Crippen molar-refractivity contribution in [1.82, 2.24) is 0 Å². The van der Waals surface area contributed by atoms with Crippen molar-refractivity contribution in [3.63, 3.8) is 0 Å². The van der Waals surface area contributed by atoms with Gasteiger partial charge < -0.3 is 0 Å². The second-order valence-corrected chi connectivity index (χ2v) is 4.54. The van der Waals surface area contributed by atoms with Crippen molar-refractivity contribution in [1.29, 1.82) is 0 Å². The summed E-state index contributed by atoms with van der Waals surface area (Å²) in [5.74, 6) is 0.711. The van der Waals surface area contributed by atoms with Crippen molar-refractivity contribution in [2.24, 2.45) is 11.3 Å². The van der Waals surface area contributed by atoms with Crippen LogP contribution in [0, 0.1) is 11.3 Å². The molecule has 0 heteroatoms. The summed E-state index contributed by atoms with van der Waals surface area (Å²) in [7, 11) is 0. The highest BCUT2D eigenvalue weighted by molar-refractivity contribution is 5.27. The highest BCUT2D eigenvalue weighted by Gasteiger charge is 2.21. The fourth-order valence-corrected chi connectivity index (χ4v) is 1.84. The van der Waals surface area contributed by atoms with Gasteiger partial charge in [-0.2, -0.15) is 0 Å². The molecule has 0 aliphatic rings. The summed E-state index contributed by atoms with van der Waals surface area (Å²) in [4.78, 5) is 0. The molecule has 0 unspecified atom stereocenters. The van der Waals surface area contributed by atoms with E-state index in [1.54, 1.807) is 0 Å². The van der Waals surface area contributed by atoms with Crippen LogP contribution in [-0.2, 0) is 0 Å². The van der Waals surface area contributed by atoms with Crippen molar-refractivity contribution >= 4 is 0 Å². The summed E-state index contributed by atoms with van der Waals surface area (Å²) >= 11 is 0. The number of rotatable bonds is 5. The normalized spacial score (nSPS) is 11.8. The summed E-state index contributed by atoms with van der Waals surface area (Å²) in [6, 6.07) is 0. The van der Waals surface area contributed by atoms with Crippen LogP contribution in [0.2, 0.25) is 0 Å². The van der Waals surface area contributed by atoms with Crippen LogP contribution in [0.25, 0.3) is 0 Å². The maximum absolute atomic E-state index is 3.84. The fraction of sp³-hybridized carbons (Fsp3) is 0.600. The third kappa shape index (κ3) is 7.18. The van der Waals surface area contributed by atoms with E-state index in [1.807, 2.05) is 26.0 Å². The van der Waals surface area contributed by atoms with E-state index in [9.17, 15) is 0 Å². The van der Waals surface area contributed by atoms with Gasteiger partial charge in [0.15, 0.2) is 0 Å². The predicted molar refractivity (Wildman–Crippen MR) is 73.1 cm³/mol. The third-order valence-electron chi connectivity index (χ3n) is 2.22. The minimum atomic E-state index is 0.212. The average molecular weight is 208 g/mol. The standard InChI is InChI=1S/C13H22.C2H6/c1-7-9-12(8-2)13(5,6)10-11(3)4;1-2/h7-9,11H,1-2,10H2,3-6H3;1-2H3/b12-9+;. The van der Waals surface area contributed by atoms with E-state index < -0.39 is 0 Å². The molecule has 0 aromatic rings. The Morgan fingerprint density at radius 1 is 1.20 bits per heavy atom. The second kappa shape index (κ2) is 8.52. The van der Waals surface area contributed by atoms with Gasteiger partial charge in [-0.15, -0.1) is 0 Å². The molecule has 88 valence electrons. The van der Waals surface area contributed by atoms with Crippen LogP contribution in [0.15, 0.2) is 37.0 Å². The zero-order valence-corrected chi connectivity index (χ0v) is 11.4. The molecular weight excluding hydrogens is 180 g/mol. The fourth-order valence-electron chi connectivity index (χ4n) is 1.84. The van der Waals surface area contributed by atoms with E-state index in [0.29, 0.717) is 5.92 Å². The van der Waals surface area contributed by atoms with Crippen molar-refractivity contribution < 1.29 is 0 Å². The smallest absolute Gasteiger partial charge is 0.0101 e. The molecule has 0 fully saturated rings. The molecule has 0 saturated carbocycles. The van der Waals surface area contributed by atoms with E-state index in [4.69, 9.17) is 0 Å². The lowest BCUT2D eigenvalue weighted by molar-refractivity contribution is 0.351. The van der Waals surface area contributed by atoms with Gasteiger partial charge in [-0.3, -0.25) is 0 Å². The molecule has 0 aromatic carbocycles. The van der Waals surface area contributed by atoms with Crippen LogP contribution < -0.4 is 0 Å². The van der Waals surface area contributed by atoms with Crippen molar-refractivity contribution in [2.45, 2.75) is 48.0 Å². The first-order chi connectivity index (χ1) is 6.94. The van der Waals surface area contributed by atoms with Gasteiger partial charge in [0, 0.05) is 0 Å².